The summed E-state index contributed by atoms with van der Waals surface area (Å²) >= 11 is 0. The number of aromatic nitrogens is 5. The molecule has 3 aromatic heterocycles. The normalized spacial score (nSPS) is 14.4. The highest BCUT2D eigenvalue weighted by Crippen LogP contribution is 2.37. The zero-order valence-electron chi connectivity index (χ0n) is 22.0. The van der Waals surface area contributed by atoms with Gasteiger partial charge in [0.2, 0.25) is 0 Å². The largest absolute Gasteiger partial charge is 0.439 e. The predicted octanol–water partition coefficient (Wildman–Crippen LogP) is 6.12. The van der Waals surface area contributed by atoms with E-state index in [1.54, 1.807) is 6.92 Å². The van der Waals surface area contributed by atoms with Crippen LogP contribution in [-0.2, 0) is 32.0 Å². The minimum atomic E-state index is -4.52. The lowest BCUT2D eigenvalue weighted by molar-refractivity contribution is -0.136. The fraction of sp³-hybridized carbons (Fsp3) is 0.267. The van der Waals surface area contributed by atoms with E-state index in [1.165, 1.54) is 5.56 Å². The van der Waals surface area contributed by atoms with E-state index in [0.717, 1.165) is 53.2 Å². The van der Waals surface area contributed by atoms with E-state index in [0.29, 0.717) is 30.3 Å². The Labute approximate surface area is 227 Å². The number of aromatic amines is 1. The Morgan fingerprint density at radius 1 is 1.05 bits per heavy atom. The zero-order chi connectivity index (χ0) is 28.0. The van der Waals surface area contributed by atoms with Gasteiger partial charge in [-0.25, -0.2) is 14.8 Å². The van der Waals surface area contributed by atoms with E-state index in [4.69, 9.17) is 4.52 Å². The third-order valence-electron chi connectivity index (χ3n) is 7.20. The number of imidazole rings is 1. The number of aryl methyl sites for hydroxylation is 4. The Hall–Kier alpha value is -4.47. The number of nitrogens with one attached hydrogen (secondary N) is 1. The summed E-state index contributed by atoms with van der Waals surface area (Å²) in [6.07, 6.45) is 0.144. The third-order valence-corrected chi connectivity index (χ3v) is 7.20. The SMILES string of the molecule is CCCc1nc2c(C(F)(F)F)cc(C)nc2n1Cc1ccc2c(c1)CCc1ccccc1C2=Cc1noc(=O)[nH]1. The number of rotatable bonds is 5. The molecule has 0 aliphatic heterocycles. The molecule has 5 aromatic rings. The summed E-state index contributed by atoms with van der Waals surface area (Å²) in [6.45, 7) is 3.89. The van der Waals surface area contributed by atoms with Gasteiger partial charge in [-0.15, -0.1) is 0 Å². The van der Waals surface area contributed by atoms with E-state index >= 15 is 0 Å². The summed E-state index contributed by atoms with van der Waals surface area (Å²) in [4.78, 5) is 23.1. The first-order valence-corrected chi connectivity index (χ1v) is 13.1. The van der Waals surface area contributed by atoms with Gasteiger partial charge in [-0.3, -0.25) is 9.51 Å². The first-order valence-electron chi connectivity index (χ1n) is 13.1. The second-order valence-electron chi connectivity index (χ2n) is 10.0. The molecule has 0 amide bonds. The predicted molar refractivity (Wildman–Crippen MR) is 145 cm³/mol. The average molecular weight is 546 g/mol. The van der Waals surface area contributed by atoms with Gasteiger partial charge in [-0.05, 0) is 71.7 Å². The van der Waals surface area contributed by atoms with Crippen molar-refractivity contribution in [3.8, 4) is 0 Å². The van der Waals surface area contributed by atoms with Crippen molar-refractivity contribution in [1.29, 1.82) is 0 Å². The molecular weight excluding hydrogens is 519 g/mol. The Bertz CT molecular complexity index is 1830. The highest BCUT2D eigenvalue weighted by atomic mass is 19.4. The quantitative estimate of drug-likeness (QED) is 0.287. The van der Waals surface area contributed by atoms with E-state index in [-0.39, 0.29) is 11.2 Å². The summed E-state index contributed by atoms with van der Waals surface area (Å²) < 4.78 is 48.1. The van der Waals surface area contributed by atoms with Crippen LogP contribution in [-0.4, -0.2) is 24.7 Å². The second kappa shape index (κ2) is 9.93. The molecule has 0 saturated carbocycles. The van der Waals surface area contributed by atoms with Gasteiger partial charge < -0.3 is 4.57 Å². The number of nitrogens with zero attached hydrogens (tertiary/aromatic N) is 4. The minimum Gasteiger partial charge on any atom is -0.308 e. The van der Waals surface area contributed by atoms with Crippen LogP contribution >= 0.6 is 0 Å². The summed E-state index contributed by atoms with van der Waals surface area (Å²) in [5.74, 6) is 0.277. The van der Waals surface area contributed by atoms with Crippen molar-refractivity contribution in [3.63, 3.8) is 0 Å². The molecule has 1 aliphatic carbocycles. The Morgan fingerprint density at radius 2 is 1.82 bits per heavy atom. The van der Waals surface area contributed by atoms with Crippen LogP contribution < -0.4 is 5.76 Å². The number of hydrogen-bond donors (Lipinski definition) is 1. The van der Waals surface area contributed by atoms with Crippen molar-refractivity contribution in [2.75, 3.05) is 0 Å². The molecule has 2 aromatic carbocycles. The molecule has 204 valence electrons. The molecular formula is C30H26F3N5O2. The molecule has 0 bridgehead atoms. The summed E-state index contributed by atoms with van der Waals surface area (Å²) in [7, 11) is 0. The van der Waals surface area contributed by atoms with Crippen LogP contribution in [0.2, 0.25) is 0 Å². The molecule has 0 spiro atoms. The topological polar surface area (TPSA) is 89.6 Å². The maximum atomic E-state index is 13.9. The summed E-state index contributed by atoms with van der Waals surface area (Å²) in [5.41, 5.74) is 5.81. The monoisotopic (exact) mass is 545 g/mol. The molecule has 1 aliphatic rings. The average Bonchev–Trinajstić information content (AvgIpc) is 3.43. The third kappa shape index (κ3) is 4.74. The van der Waals surface area contributed by atoms with Crippen molar-refractivity contribution in [3.05, 3.63) is 110 Å². The molecule has 7 nitrogen and oxygen atoms in total. The number of fused-ring (bicyclic) bond motifs is 3. The van der Waals surface area contributed by atoms with Gasteiger partial charge in [-0.2, -0.15) is 13.2 Å². The highest BCUT2D eigenvalue weighted by molar-refractivity contribution is 5.93. The smallest absolute Gasteiger partial charge is 0.308 e. The lowest BCUT2D eigenvalue weighted by Crippen LogP contribution is -2.09. The van der Waals surface area contributed by atoms with Crippen LogP contribution in [0.25, 0.3) is 22.8 Å². The Morgan fingerprint density at radius 3 is 2.58 bits per heavy atom. The van der Waals surface area contributed by atoms with Gasteiger partial charge >= 0.3 is 11.9 Å². The maximum absolute atomic E-state index is 13.9. The number of pyridine rings is 1. The van der Waals surface area contributed by atoms with Crippen molar-refractivity contribution >= 4 is 22.8 Å². The van der Waals surface area contributed by atoms with E-state index < -0.39 is 17.5 Å². The van der Waals surface area contributed by atoms with Gasteiger partial charge in [0.15, 0.2) is 11.5 Å². The van der Waals surface area contributed by atoms with Gasteiger partial charge in [0, 0.05) is 12.1 Å². The minimum absolute atomic E-state index is 0.112. The molecule has 6 rings (SSSR count). The standard InChI is InChI=1S/C30H26F3N5O2/c1-3-6-26-36-27-24(30(31,32)33)13-17(2)34-28(27)38(26)16-18-9-12-22-20(14-18)11-10-19-7-4-5-8-21(19)23(22)15-25-35-29(39)40-37-25/h4-5,7-9,12-15H,3,6,10-11,16H2,1-2H3,(H,35,37,39). The Balaban J connectivity index is 1.46. The van der Waals surface area contributed by atoms with Crippen LogP contribution in [0.4, 0.5) is 13.2 Å². The Kier molecular flexibility index (Phi) is 6.40. The number of halogens is 3. The van der Waals surface area contributed by atoms with Gasteiger partial charge in [0.1, 0.15) is 11.3 Å². The number of benzene rings is 2. The zero-order valence-corrected chi connectivity index (χ0v) is 22.0. The molecule has 1 N–H and O–H groups in total. The van der Waals surface area contributed by atoms with Crippen LogP contribution in [0.5, 0.6) is 0 Å². The lowest BCUT2D eigenvalue weighted by atomic mass is 9.92. The molecule has 0 radical (unpaired) electrons. The maximum Gasteiger partial charge on any atom is 0.439 e. The van der Waals surface area contributed by atoms with E-state index in [9.17, 15) is 18.0 Å². The number of hydrogen-bond acceptors (Lipinski definition) is 5. The highest BCUT2D eigenvalue weighted by Gasteiger charge is 2.35. The molecule has 0 saturated heterocycles. The van der Waals surface area contributed by atoms with Crippen LogP contribution in [0.1, 0.15) is 64.1 Å². The van der Waals surface area contributed by atoms with E-state index in [1.807, 2.05) is 47.9 Å². The van der Waals surface area contributed by atoms with Crippen LogP contribution in [0, 0.1) is 6.92 Å². The molecule has 0 fully saturated rings. The van der Waals surface area contributed by atoms with Gasteiger partial charge in [0.05, 0.1) is 12.1 Å². The molecule has 10 heteroatoms. The molecule has 0 unspecified atom stereocenters. The van der Waals surface area contributed by atoms with Crippen molar-refractivity contribution in [2.45, 2.75) is 52.3 Å². The van der Waals surface area contributed by atoms with E-state index in [2.05, 4.69) is 32.2 Å². The van der Waals surface area contributed by atoms with Crippen LogP contribution in [0.3, 0.4) is 0 Å². The lowest BCUT2D eigenvalue weighted by Gasteiger charge is -2.14. The van der Waals surface area contributed by atoms with Crippen molar-refractivity contribution in [1.82, 2.24) is 24.7 Å². The van der Waals surface area contributed by atoms with Crippen LogP contribution in [0.15, 0.2) is 57.8 Å². The summed E-state index contributed by atoms with van der Waals surface area (Å²) in [5, 5.41) is 3.82. The second-order valence-corrected chi connectivity index (χ2v) is 10.0. The van der Waals surface area contributed by atoms with Crippen molar-refractivity contribution in [2.24, 2.45) is 0 Å². The molecule has 3 heterocycles. The fourth-order valence-corrected chi connectivity index (χ4v) is 5.47. The van der Waals surface area contributed by atoms with Gasteiger partial charge in [0.25, 0.3) is 0 Å². The molecule has 0 atom stereocenters. The number of alkyl halides is 3. The number of H-pyrrole nitrogens is 1. The molecule has 40 heavy (non-hydrogen) atoms. The fourth-order valence-electron chi connectivity index (χ4n) is 5.47. The van der Waals surface area contributed by atoms with Crippen molar-refractivity contribution < 1.29 is 17.7 Å². The summed E-state index contributed by atoms with van der Waals surface area (Å²) in [6, 6.07) is 15.3. The first kappa shape index (κ1) is 25.8. The first-order chi connectivity index (χ1) is 19.2. The van der Waals surface area contributed by atoms with Gasteiger partial charge in [-0.1, -0.05) is 54.5 Å².